The fourth-order valence-corrected chi connectivity index (χ4v) is 1.73. The first-order chi connectivity index (χ1) is 8.56. The first-order valence-electron chi connectivity index (χ1n) is 5.18. The molecule has 0 aliphatic heterocycles. The maximum absolute atomic E-state index is 13.7. The molecule has 1 aromatic heterocycles. The molecule has 0 fully saturated rings. The number of carboxylic acid groups (broad SMARTS) is 1. The SMILES string of the molecule is COc1c(C(=O)O)c(C)nn1-c1ccccc1F. The van der Waals surface area contributed by atoms with Crippen LogP contribution < -0.4 is 4.74 Å². The van der Waals surface area contributed by atoms with Gasteiger partial charge in [0.2, 0.25) is 5.88 Å². The van der Waals surface area contributed by atoms with Gasteiger partial charge in [-0.05, 0) is 19.1 Å². The van der Waals surface area contributed by atoms with Crippen LogP contribution in [0.4, 0.5) is 4.39 Å². The molecule has 94 valence electrons. The minimum atomic E-state index is -1.16. The summed E-state index contributed by atoms with van der Waals surface area (Å²) < 4.78 is 19.8. The van der Waals surface area contributed by atoms with Crippen LogP contribution in [-0.4, -0.2) is 28.0 Å². The number of hydrogen-bond acceptors (Lipinski definition) is 3. The Morgan fingerprint density at radius 2 is 2.11 bits per heavy atom. The van der Waals surface area contributed by atoms with Crippen LogP contribution in [0, 0.1) is 12.7 Å². The van der Waals surface area contributed by atoms with Crippen molar-refractivity contribution in [2.75, 3.05) is 7.11 Å². The van der Waals surface area contributed by atoms with Crippen LogP contribution in [0.25, 0.3) is 5.69 Å². The first-order valence-corrected chi connectivity index (χ1v) is 5.18. The predicted molar refractivity (Wildman–Crippen MR) is 61.8 cm³/mol. The molecule has 0 saturated heterocycles. The lowest BCUT2D eigenvalue weighted by Crippen LogP contribution is -2.04. The van der Waals surface area contributed by atoms with Gasteiger partial charge in [-0.1, -0.05) is 12.1 Å². The summed E-state index contributed by atoms with van der Waals surface area (Å²) in [5.41, 5.74) is 0.341. The van der Waals surface area contributed by atoms with E-state index in [1.807, 2.05) is 0 Å². The number of ether oxygens (including phenoxy) is 1. The van der Waals surface area contributed by atoms with Gasteiger partial charge in [0, 0.05) is 0 Å². The summed E-state index contributed by atoms with van der Waals surface area (Å²) in [6.45, 7) is 1.53. The number of carbonyl (C=O) groups is 1. The van der Waals surface area contributed by atoms with Crippen molar-refractivity contribution in [3.8, 4) is 11.6 Å². The highest BCUT2D eigenvalue weighted by Crippen LogP contribution is 2.26. The van der Waals surface area contributed by atoms with Crippen molar-refractivity contribution in [1.82, 2.24) is 9.78 Å². The van der Waals surface area contributed by atoms with Crippen LogP contribution in [0.5, 0.6) is 5.88 Å². The molecule has 1 N–H and O–H groups in total. The maximum Gasteiger partial charge on any atom is 0.343 e. The quantitative estimate of drug-likeness (QED) is 0.905. The van der Waals surface area contributed by atoms with E-state index in [0.29, 0.717) is 0 Å². The van der Waals surface area contributed by atoms with Crippen LogP contribution in [-0.2, 0) is 0 Å². The van der Waals surface area contributed by atoms with E-state index in [-0.39, 0.29) is 22.8 Å². The monoisotopic (exact) mass is 250 g/mol. The Bertz CT molecular complexity index is 607. The zero-order valence-electron chi connectivity index (χ0n) is 9.85. The second-order valence-corrected chi connectivity index (χ2v) is 3.64. The Labute approximate surface area is 102 Å². The number of rotatable bonds is 3. The van der Waals surface area contributed by atoms with E-state index in [4.69, 9.17) is 9.84 Å². The summed E-state index contributed by atoms with van der Waals surface area (Å²) in [5.74, 6) is -1.66. The largest absolute Gasteiger partial charge is 0.480 e. The van der Waals surface area contributed by atoms with Crippen molar-refractivity contribution < 1.29 is 19.0 Å². The number of benzene rings is 1. The third-order valence-electron chi connectivity index (χ3n) is 2.51. The number of aromatic nitrogens is 2. The molecule has 0 aliphatic carbocycles. The summed E-state index contributed by atoms with van der Waals surface area (Å²) in [4.78, 5) is 11.1. The Balaban J connectivity index is 2.70. The van der Waals surface area contributed by atoms with Crippen LogP contribution in [0.2, 0.25) is 0 Å². The molecule has 0 radical (unpaired) electrons. The minimum absolute atomic E-state index is 0.00472. The van der Waals surface area contributed by atoms with E-state index in [2.05, 4.69) is 5.10 Å². The predicted octanol–water partition coefficient (Wildman–Crippen LogP) is 2.03. The van der Waals surface area contributed by atoms with E-state index in [9.17, 15) is 9.18 Å². The first kappa shape index (κ1) is 12.1. The van der Waals surface area contributed by atoms with E-state index >= 15 is 0 Å². The normalized spacial score (nSPS) is 10.4. The summed E-state index contributed by atoms with van der Waals surface area (Å²) in [7, 11) is 1.32. The molecule has 0 spiro atoms. The number of halogens is 1. The van der Waals surface area contributed by atoms with Gasteiger partial charge in [-0.15, -0.1) is 0 Å². The van der Waals surface area contributed by atoms with Gasteiger partial charge in [0.25, 0.3) is 0 Å². The number of para-hydroxylation sites is 1. The molecule has 0 saturated carbocycles. The highest BCUT2D eigenvalue weighted by Gasteiger charge is 2.23. The molecular weight excluding hydrogens is 239 g/mol. The molecule has 0 bridgehead atoms. The Morgan fingerprint density at radius 1 is 1.44 bits per heavy atom. The molecule has 0 aliphatic rings. The van der Waals surface area contributed by atoms with Gasteiger partial charge < -0.3 is 9.84 Å². The second-order valence-electron chi connectivity index (χ2n) is 3.64. The van der Waals surface area contributed by atoms with Crippen molar-refractivity contribution >= 4 is 5.97 Å². The molecule has 0 atom stereocenters. The van der Waals surface area contributed by atoms with Crippen LogP contribution in [0.3, 0.4) is 0 Å². The van der Waals surface area contributed by atoms with Crippen molar-refractivity contribution in [1.29, 1.82) is 0 Å². The molecule has 1 aromatic carbocycles. The van der Waals surface area contributed by atoms with Gasteiger partial charge in [-0.25, -0.2) is 9.18 Å². The molecule has 5 nitrogen and oxygen atoms in total. The molecular formula is C12H11FN2O3. The van der Waals surface area contributed by atoms with E-state index in [1.165, 1.54) is 26.2 Å². The summed E-state index contributed by atoms with van der Waals surface area (Å²) >= 11 is 0. The lowest BCUT2D eigenvalue weighted by molar-refractivity contribution is 0.0692. The van der Waals surface area contributed by atoms with Gasteiger partial charge in [0.1, 0.15) is 17.1 Å². The van der Waals surface area contributed by atoms with Gasteiger partial charge in [0.05, 0.1) is 12.8 Å². The smallest absolute Gasteiger partial charge is 0.343 e. The molecule has 0 amide bonds. The zero-order valence-corrected chi connectivity index (χ0v) is 9.85. The fraction of sp³-hybridized carbons (Fsp3) is 0.167. The molecule has 2 aromatic rings. The standard InChI is InChI=1S/C12H11FN2O3/c1-7-10(12(16)17)11(18-2)15(14-7)9-6-4-3-5-8(9)13/h3-6H,1-2H3,(H,16,17). The molecule has 18 heavy (non-hydrogen) atoms. The van der Waals surface area contributed by atoms with Crippen molar-refractivity contribution in [2.45, 2.75) is 6.92 Å². The average Bonchev–Trinajstić information content (AvgIpc) is 2.66. The summed E-state index contributed by atoms with van der Waals surface area (Å²) in [5, 5.41) is 13.1. The van der Waals surface area contributed by atoms with Gasteiger partial charge in [-0.3, -0.25) is 0 Å². The second kappa shape index (κ2) is 4.48. The number of aromatic carboxylic acids is 1. The van der Waals surface area contributed by atoms with Gasteiger partial charge in [-0.2, -0.15) is 9.78 Å². The summed E-state index contributed by atoms with van der Waals surface area (Å²) in [6, 6.07) is 5.94. The zero-order chi connectivity index (χ0) is 13.3. The van der Waals surface area contributed by atoms with E-state index < -0.39 is 11.8 Å². The fourth-order valence-electron chi connectivity index (χ4n) is 1.73. The Kier molecular flexibility index (Phi) is 3.01. The third-order valence-corrected chi connectivity index (χ3v) is 2.51. The number of methoxy groups -OCH3 is 1. The van der Waals surface area contributed by atoms with Crippen LogP contribution in [0.1, 0.15) is 16.1 Å². The Hall–Kier alpha value is -2.37. The number of aryl methyl sites for hydroxylation is 1. The van der Waals surface area contributed by atoms with Crippen LogP contribution in [0.15, 0.2) is 24.3 Å². The minimum Gasteiger partial charge on any atom is -0.480 e. The number of carboxylic acids is 1. The molecule has 0 unspecified atom stereocenters. The van der Waals surface area contributed by atoms with Crippen molar-refractivity contribution in [2.24, 2.45) is 0 Å². The highest BCUT2D eigenvalue weighted by molar-refractivity contribution is 5.91. The van der Waals surface area contributed by atoms with Crippen molar-refractivity contribution in [3.05, 3.63) is 41.3 Å². The van der Waals surface area contributed by atoms with Crippen LogP contribution >= 0.6 is 0 Å². The average molecular weight is 250 g/mol. The Morgan fingerprint density at radius 3 is 2.67 bits per heavy atom. The van der Waals surface area contributed by atoms with Gasteiger partial charge in [0.15, 0.2) is 0 Å². The number of nitrogens with zero attached hydrogens (tertiary/aromatic N) is 2. The molecule has 1 heterocycles. The maximum atomic E-state index is 13.7. The van der Waals surface area contributed by atoms with Gasteiger partial charge >= 0.3 is 5.97 Å². The van der Waals surface area contributed by atoms with E-state index in [1.54, 1.807) is 12.1 Å². The summed E-state index contributed by atoms with van der Waals surface area (Å²) in [6.07, 6.45) is 0. The topological polar surface area (TPSA) is 64.3 Å². The molecule has 2 rings (SSSR count). The lowest BCUT2D eigenvalue weighted by Gasteiger charge is -2.07. The lowest BCUT2D eigenvalue weighted by atomic mass is 10.2. The number of hydrogen-bond donors (Lipinski definition) is 1. The molecule has 6 heteroatoms. The van der Waals surface area contributed by atoms with Crippen molar-refractivity contribution in [3.63, 3.8) is 0 Å². The third kappa shape index (κ3) is 1.81. The highest BCUT2D eigenvalue weighted by atomic mass is 19.1. The van der Waals surface area contributed by atoms with E-state index in [0.717, 1.165) is 4.68 Å².